The maximum atomic E-state index is 12.5. The monoisotopic (exact) mass is 493 g/mol. The summed E-state index contributed by atoms with van der Waals surface area (Å²) in [5.74, 6) is 2.09. The molecule has 0 aliphatic rings. The molecule has 0 bridgehead atoms. The molecule has 4 aromatic rings. The van der Waals surface area contributed by atoms with E-state index >= 15 is 0 Å². The number of hydrazone groups is 1. The molecule has 1 heterocycles. The number of nitrogens with zero attached hydrogens (tertiary/aromatic N) is 2. The van der Waals surface area contributed by atoms with Gasteiger partial charge in [-0.3, -0.25) is 4.79 Å². The number of carbonyl (C=O) groups excluding carboxylic acids is 1. The van der Waals surface area contributed by atoms with Crippen molar-refractivity contribution in [2.24, 2.45) is 5.10 Å². The van der Waals surface area contributed by atoms with Crippen LogP contribution in [0.15, 0.2) is 70.1 Å². The molecule has 1 amide bonds. The zero-order valence-electron chi connectivity index (χ0n) is 18.9. The number of rotatable bonds is 9. The van der Waals surface area contributed by atoms with Gasteiger partial charge in [0.25, 0.3) is 5.91 Å². The van der Waals surface area contributed by atoms with Crippen LogP contribution < -0.4 is 19.6 Å². The molecule has 0 fully saturated rings. The summed E-state index contributed by atoms with van der Waals surface area (Å²) in [6.07, 6.45) is 1.48. The number of fused-ring (bicyclic) bond motifs is 1. The van der Waals surface area contributed by atoms with Gasteiger partial charge in [0, 0.05) is 23.4 Å². The summed E-state index contributed by atoms with van der Waals surface area (Å²) >= 11 is 3.37. The maximum absolute atomic E-state index is 12.5. The van der Waals surface area contributed by atoms with E-state index < -0.39 is 0 Å². The van der Waals surface area contributed by atoms with Crippen LogP contribution in [0.4, 0.5) is 0 Å². The van der Waals surface area contributed by atoms with Gasteiger partial charge < -0.3 is 14.2 Å². The van der Waals surface area contributed by atoms with Crippen LogP contribution in [0.1, 0.15) is 21.5 Å². The SMILES string of the molecule is COc1cc(OC)c(/C=N/NC(=O)c2ccc(CSc3nc4ccccc4s3)cc2)c(OC)c1. The summed E-state index contributed by atoms with van der Waals surface area (Å²) in [5.41, 5.74) is 5.78. The molecule has 0 aliphatic heterocycles. The Hall–Kier alpha value is -3.56. The van der Waals surface area contributed by atoms with Crippen LogP contribution in [0.25, 0.3) is 10.2 Å². The van der Waals surface area contributed by atoms with Gasteiger partial charge in [0.15, 0.2) is 4.34 Å². The first kappa shape index (κ1) is 23.6. The van der Waals surface area contributed by atoms with Crippen molar-refractivity contribution in [3.05, 3.63) is 77.4 Å². The van der Waals surface area contributed by atoms with Gasteiger partial charge in [-0.1, -0.05) is 36.0 Å². The molecule has 3 aromatic carbocycles. The van der Waals surface area contributed by atoms with E-state index in [0.29, 0.717) is 28.4 Å². The molecule has 34 heavy (non-hydrogen) atoms. The molecule has 4 rings (SSSR count). The molecule has 0 aliphatic carbocycles. The van der Waals surface area contributed by atoms with Crippen molar-refractivity contribution in [3.8, 4) is 17.2 Å². The van der Waals surface area contributed by atoms with Crippen LogP contribution in [0.3, 0.4) is 0 Å². The Bertz CT molecular complexity index is 1260. The van der Waals surface area contributed by atoms with E-state index in [4.69, 9.17) is 14.2 Å². The molecule has 0 saturated carbocycles. The fraction of sp³-hybridized carbons (Fsp3) is 0.160. The molecule has 1 aromatic heterocycles. The van der Waals surface area contributed by atoms with Gasteiger partial charge in [-0.15, -0.1) is 11.3 Å². The van der Waals surface area contributed by atoms with Gasteiger partial charge in [0.1, 0.15) is 17.2 Å². The van der Waals surface area contributed by atoms with E-state index in [1.165, 1.54) is 10.9 Å². The molecular formula is C25H23N3O4S2. The lowest BCUT2D eigenvalue weighted by atomic mass is 10.1. The topological polar surface area (TPSA) is 82.0 Å². The summed E-state index contributed by atoms with van der Waals surface area (Å²) in [5, 5.41) is 4.07. The molecule has 9 heteroatoms. The Kier molecular flexibility index (Phi) is 7.66. The normalized spacial score (nSPS) is 11.0. The molecule has 7 nitrogen and oxygen atoms in total. The predicted octanol–water partition coefficient (Wildman–Crippen LogP) is 5.38. The van der Waals surface area contributed by atoms with Crippen molar-refractivity contribution < 1.29 is 19.0 Å². The highest BCUT2D eigenvalue weighted by molar-refractivity contribution is 8.00. The zero-order chi connectivity index (χ0) is 23.9. The standard InChI is InChI=1S/C25H23N3O4S2/c1-30-18-12-21(31-2)19(22(13-18)32-3)14-26-28-24(29)17-10-8-16(9-11-17)15-33-25-27-20-6-4-5-7-23(20)34-25/h4-14H,15H2,1-3H3,(H,28,29)/b26-14+. The quantitative estimate of drug-likeness (QED) is 0.192. The minimum atomic E-state index is -0.312. The second kappa shape index (κ2) is 11.0. The fourth-order valence-electron chi connectivity index (χ4n) is 3.19. The van der Waals surface area contributed by atoms with Crippen molar-refractivity contribution in [2.75, 3.05) is 21.3 Å². The van der Waals surface area contributed by atoms with Crippen LogP contribution >= 0.6 is 23.1 Å². The van der Waals surface area contributed by atoms with Crippen molar-refractivity contribution in [1.82, 2.24) is 10.4 Å². The average Bonchev–Trinajstić information content (AvgIpc) is 3.30. The maximum Gasteiger partial charge on any atom is 0.271 e. The highest BCUT2D eigenvalue weighted by atomic mass is 32.2. The third-order valence-electron chi connectivity index (χ3n) is 4.97. The first-order valence-electron chi connectivity index (χ1n) is 10.3. The molecule has 0 saturated heterocycles. The Labute approximate surface area is 205 Å². The lowest BCUT2D eigenvalue weighted by Crippen LogP contribution is -2.17. The van der Waals surface area contributed by atoms with Gasteiger partial charge in [-0.25, -0.2) is 10.4 Å². The summed E-state index contributed by atoms with van der Waals surface area (Å²) in [7, 11) is 4.65. The summed E-state index contributed by atoms with van der Waals surface area (Å²) in [6.45, 7) is 0. The van der Waals surface area contributed by atoms with Crippen LogP contribution in [-0.2, 0) is 5.75 Å². The number of aromatic nitrogens is 1. The number of ether oxygens (including phenoxy) is 3. The number of para-hydroxylation sites is 1. The first-order valence-corrected chi connectivity index (χ1v) is 12.1. The number of methoxy groups -OCH3 is 3. The van der Waals surface area contributed by atoms with E-state index in [0.717, 1.165) is 21.2 Å². The van der Waals surface area contributed by atoms with Crippen LogP contribution in [0, 0.1) is 0 Å². The number of benzene rings is 3. The molecule has 0 spiro atoms. The van der Waals surface area contributed by atoms with E-state index in [1.54, 1.807) is 68.7 Å². The summed E-state index contributed by atoms with van der Waals surface area (Å²) < 4.78 is 18.2. The molecule has 0 unspecified atom stereocenters. The van der Waals surface area contributed by atoms with Gasteiger partial charge in [0.05, 0.1) is 43.3 Å². The Morgan fingerprint density at radius 3 is 2.38 bits per heavy atom. The summed E-state index contributed by atoms with van der Waals surface area (Å²) in [4.78, 5) is 17.2. The Morgan fingerprint density at radius 2 is 1.74 bits per heavy atom. The third kappa shape index (κ3) is 5.49. The lowest BCUT2D eigenvalue weighted by molar-refractivity contribution is 0.0955. The molecule has 174 valence electrons. The minimum absolute atomic E-state index is 0.312. The van der Waals surface area contributed by atoms with E-state index in [1.807, 2.05) is 30.3 Å². The van der Waals surface area contributed by atoms with Crippen molar-refractivity contribution in [3.63, 3.8) is 0 Å². The largest absolute Gasteiger partial charge is 0.496 e. The van der Waals surface area contributed by atoms with Gasteiger partial charge in [-0.05, 0) is 29.8 Å². The zero-order valence-corrected chi connectivity index (χ0v) is 20.5. The number of amides is 1. The number of hydrogen-bond donors (Lipinski definition) is 1. The second-order valence-electron chi connectivity index (χ2n) is 7.08. The molecular weight excluding hydrogens is 470 g/mol. The highest BCUT2D eigenvalue weighted by Crippen LogP contribution is 2.33. The number of thiazole rings is 1. The Morgan fingerprint density at radius 1 is 1.03 bits per heavy atom. The first-order chi connectivity index (χ1) is 16.6. The van der Waals surface area contributed by atoms with Gasteiger partial charge in [0.2, 0.25) is 0 Å². The molecule has 0 atom stereocenters. The summed E-state index contributed by atoms with van der Waals surface area (Å²) in [6, 6.07) is 19.0. The van der Waals surface area contributed by atoms with Crippen molar-refractivity contribution >= 4 is 45.4 Å². The minimum Gasteiger partial charge on any atom is -0.496 e. The van der Waals surface area contributed by atoms with Gasteiger partial charge in [-0.2, -0.15) is 5.10 Å². The molecule has 1 N–H and O–H groups in total. The van der Waals surface area contributed by atoms with E-state index in [9.17, 15) is 4.79 Å². The fourth-order valence-corrected chi connectivity index (χ4v) is 5.21. The highest BCUT2D eigenvalue weighted by Gasteiger charge is 2.12. The van der Waals surface area contributed by atoms with Gasteiger partial charge >= 0.3 is 0 Å². The number of nitrogens with one attached hydrogen (secondary N) is 1. The second-order valence-corrected chi connectivity index (χ2v) is 9.33. The average molecular weight is 494 g/mol. The van der Waals surface area contributed by atoms with E-state index in [-0.39, 0.29) is 5.91 Å². The number of carbonyl (C=O) groups is 1. The molecule has 0 radical (unpaired) electrons. The lowest BCUT2D eigenvalue weighted by Gasteiger charge is -2.12. The van der Waals surface area contributed by atoms with Crippen LogP contribution in [0.5, 0.6) is 17.2 Å². The Balaban J connectivity index is 1.37. The van der Waals surface area contributed by atoms with Crippen molar-refractivity contribution in [2.45, 2.75) is 10.1 Å². The third-order valence-corrected chi connectivity index (χ3v) is 7.22. The van der Waals surface area contributed by atoms with Crippen LogP contribution in [-0.4, -0.2) is 38.4 Å². The predicted molar refractivity (Wildman–Crippen MR) is 137 cm³/mol. The van der Waals surface area contributed by atoms with E-state index in [2.05, 4.69) is 21.6 Å². The number of thioether (sulfide) groups is 1. The van der Waals surface area contributed by atoms with Crippen LogP contribution in [0.2, 0.25) is 0 Å². The van der Waals surface area contributed by atoms with Crippen molar-refractivity contribution in [1.29, 1.82) is 0 Å². The number of hydrogen-bond acceptors (Lipinski definition) is 8. The smallest absolute Gasteiger partial charge is 0.271 e.